The maximum atomic E-state index is 13.0. The van der Waals surface area contributed by atoms with Crippen molar-refractivity contribution in [1.29, 1.82) is 0 Å². The number of carbonyl (C=O) groups is 4. The molecule has 1 N–H and O–H groups in total. The molecule has 2 saturated carbocycles. The van der Waals surface area contributed by atoms with E-state index in [1.165, 1.54) is 17.0 Å². The van der Waals surface area contributed by atoms with Crippen molar-refractivity contribution >= 4 is 62.6 Å². The van der Waals surface area contributed by atoms with Gasteiger partial charge in [0.25, 0.3) is 5.91 Å². The van der Waals surface area contributed by atoms with Crippen LogP contribution in [0.2, 0.25) is 5.02 Å². The Bertz CT molecular complexity index is 1190. The van der Waals surface area contributed by atoms with Gasteiger partial charge in [-0.05, 0) is 95.9 Å². The Hall–Kier alpha value is -2.71. The quantitative estimate of drug-likeness (QED) is 0.433. The van der Waals surface area contributed by atoms with Crippen molar-refractivity contribution in [3.05, 3.63) is 57.0 Å². The standard InChI is InChI=1S/C25H22BrClN2O5/c1-12-8-17(26)18(27)10-19(12)28-20(30)11-34-25(33)13-4-6-16(7-5-13)29-23(31)21-14-2-3-15(9-14)22(21)24(29)32/h4-8,10,14-15,21-22H,2-3,9,11H2,1H3,(H,28,30)/t14-,15-,21+,22+/m0/s1. The number of esters is 1. The van der Waals surface area contributed by atoms with Crippen LogP contribution in [-0.2, 0) is 19.1 Å². The minimum absolute atomic E-state index is 0.127. The van der Waals surface area contributed by atoms with Crippen LogP contribution in [0.4, 0.5) is 11.4 Å². The zero-order valence-electron chi connectivity index (χ0n) is 18.3. The Morgan fingerprint density at radius 2 is 1.71 bits per heavy atom. The molecule has 3 amide bonds. The highest BCUT2D eigenvalue weighted by atomic mass is 79.9. The smallest absolute Gasteiger partial charge is 0.338 e. The Labute approximate surface area is 209 Å². The molecule has 0 aromatic heterocycles. The number of benzene rings is 2. The fraction of sp³-hybridized carbons (Fsp3) is 0.360. The van der Waals surface area contributed by atoms with Gasteiger partial charge < -0.3 is 10.1 Å². The van der Waals surface area contributed by atoms with Gasteiger partial charge in [-0.1, -0.05) is 11.6 Å². The molecule has 2 bridgehead atoms. The van der Waals surface area contributed by atoms with Crippen molar-refractivity contribution in [2.75, 3.05) is 16.8 Å². The lowest BCUT2D eigenvalue weighted by molar-refractivity contribution is -0.123. The zero-order valence-corrected chi connectivity index (χ0v) is 20.7. The van der Waals surface area contributed by atoms with Gasteiger partial charge in [-0.25, -0.2) is 4.79 Å². The number of nitrogens with zero attached hydrogens (tertiary/aromatic N) is 1. The Morgan fingerprint density at radius 3 is 2.32 bits per heavy atom. The first-order valence-electron chi connectivity index (χ1n) is 11.1. The summed E-state index contributed by atoms with van der Waals surface area (Å²) in [6.07, 6.45) is 3.02. The average Bonchev–Trinajstić information content (AvgIpc) is 3.49. The summed E-state index contributed by atoms with van der Waals surface area (Å²) in [5.74, 6) is -1.20. The highest BCUT2D eigenvalue weighted by molar-refractivity contribution is 9.10. The van der Waals surface area contributed by atoms with Crippen LogP contribution < -0.4 is 10.2 Å². The Balaban J connectivity index is 1.20. The largest absolute Gasteiger partial charge is 0.452 e. The van der Waals surface area contributed by atoms with Crippen LogP contribution in [0.3, 0.4) is 0 Å². The lowest BCUT2D eigenvalue weighted by atomic mass is 9.81. The number of rotatable bonds is 5. The summed E-state index contributed by atoms with van der Waals surface area (Å²) >= 11 is 9.39. The van der Waals surface area contributed by atoms with E-state index < -0.39 is 18.5 Å². The van der Waals surface area contributed by atoms with E-state index in [1.807, 2.05) is 6.92 Å². The number of hydrogen-bond donors (Lipinski definition) is 1. The summed E-state index contributed by atoms with van der Waals surface area (Å²) in [5, 5.41) is 3.12. The molecule has 34 heavy (non-hydrogen) atoms. The molecule has 1 heterocycles. The number of carbonyl (C=O) groups excluding carboxylic acids is 4. The third-order valence-corrected chi connectivity index (χ3v) is 8.36. The summed E-state index contributed by atoms with van der Waals surface area (Å²) in [4.78, 5) is 51.8. The predicted molar refractivity (Wildman–Crippen MR) is 130 cm³/mol. The van der Waals surface area contributed by atoms with Crippen molar-refractivity contribution in [2.45, 2.75) is 26.2 Å². The number of imide groups is 1. The topological polar surface area (TPSA) is 92.8 Å². The van der Waals surface area contributed by atoms with Gasteiger partial charge in [0.1, 0.15) is 0 Å². The maximum Gasteiger partial charge on any atom is 0.338 e. The molecule has 0 spiro atoms. The molecule has 2 aromatic carbocycles. The minimum Gasteiger partial charge on any atom is -0.452 e. The molecule has 0 unspecified atom stereocenters. The van der Waals surface area contributed by atoms with Gasteiger partial charge in [-0.2, -0.15) is 0 Å². The van der Waals surface area contributed by atoms with Gasteiger partial charge in [-0.3, -0.25) is 19.3 Å². The highest BCUT2D eigenvalue weighted by Gasteiger charge is 2.61. The van der Waals surface area contributed by atoms with Gasteiger partial charge in [-0.15, -0.1) is 0 Å². The van der Waals surface area contributed by atoms with E-state index in [9.17, 15) is 19.2 Å². The average molecular weight is 546 g/mol. The van der Waals surface area contributed by atoms with Crippen LogP contribution in [-0.4, -0.2) is 30.3 Å². The first-order valence-corrected chi connectivity index (χ1v) is 12.3. The van der Waals surface area contributed by atoms with Crippen LogP contribution in [0.15, 0.2) is 40.9 Å². The summed E-state index contributed by atoms with van der Waals surface area (Å²) in [5.41, 5.74) is 2.01. The van der Waals surface area contributed by atoms with Crippen LogP contribution in [0.1, 0.15) is 35.2 Å². The number of amides is 3. The summed E-state index contributed by atoms with van der Waals surface area (Å²) < 4.78 is 5.84. The van der Waals surface area contributed by atoms with Crippen LogP contribution in [0, 0.1) is 30.6 Å². The van der Waals surface area contributed by atoms with Gasteiger partial charge in [0.15, 0.2) is 6.61 Å². The molecule has 5 rings (SSSR count). The Morgan fingerprint density at radius 1 is 1.09 bits per heavy atom. The molecule has 3 aliphatic rings. The molecule has 7 nitrogen and oxygen atoms in total. The van der Waals surface area contributed by atoms with E-state index in [-0.39, 0.29) is 29.2 Å². The molecule has 3 fully saturated rings. The number of ether oxygens (including phenoxy) is 1. The van der Waals surface area contributed by atoms with Crippen LogP contribution >= 0.6 is 27.5 Å². The van der Waals surface area contributed by atoms with E-state index in [2.05, 4.69) is 21.2 Å². The van der Waals surface area contributed by atoms with E-state index in [0.717, 1.165) is 24.8 Å². The molecule has 4 atom stereocenters. The first-order chi connectivity index (χ1) is 16.2. The van der Waals surface area contributed by atoms with Crippen molar-refractivity contribution < 1.29 is 23.9 Å². The predicted octanol–water partition coefficient (Wildman–Crippen LogP) is 4.74. The normalized spacial score (nSPS) is 25.0. The van der Waals surface area contributed by atoms with Crippen molar-refractivity contribution in [1.82, 2.24) is 0 Å². The van der Waals surface area contributed by atoms with Gasteiger partial charge in [0.05, 0.1) is 28.1 Å². The molecule has 2 aliphatic carbocycles. The maximum absolute atomic E-state index is 13.0. The fourth-order valence-electron chi connectivity index (χ4n) is 5.59. The van der Waals surface area contributed by atoms with Crippen LogP contribution in [0.25, 0.3) is 0 Å². The molecule has 0 radical (unpaired) electrons. The number of anilines is 2. The van der Waals surface area contributed by atoms with Crippen molar-refractivity contribution in [3.8, 4) is 0 Å². The molecule has 2 aromatic rings. The van der Waals surface area contributed by atoms with Gasteiger partial charge in [0, 0.05) is 10.2 Å². The first kappa shape index (κ1) is 23.1. The fourth-order valence-corrected chi connectivity index (χ4v) is 6.21. The number of aryl methyl sites for hydroxylation is 1. The summed E-state index contributed by atoms with van der Waals surface area (Å²) in [7, 11) is 0. The molecule has 176 valence electrons. The number of nitrogens with one attached hydrogen (secondary N) is 1. The van der Waals surface area contributed by atoms with E-state index >= 15 is 0 Å². The third-order valence-electron chi connectivity index (χ3n) is 7.16. The van der Waals surface area contributed by atoms with E-state index in [0.29, 0.717) is 32.7 Å². The SMILES string of the molecule is Cc1cc(Br)c(Cl)cc1NC(=O)COC(=O)c1ccc(N2C(=O)[C@@H]3[C@H]4CC[C@@H](C4)[C@H]3C2=O)cc1. The zero-order chi connectivity index (χ0) is 24.1. The second-order valence-electron chi connectivity index (χ2n) is 9.15. The number of halogens is 2. The molecule has 1 aliphatic heterocycles. The second-order valence-corrected chi connectivity index (χ2v) is 10.4. The summed E-state index contributed by atoms with van der Waals surface area (Å²) in [6, 6.07) is 9.53. The van der Waals surface area contributed by atoms with Gasteiger partial charge in [0.2, 0.25) is 11.8 Å². The second kappa shape index (κ2) is 8.82. The van der Waals surface area contributed by atoms with E-state index in [1.54, 1.807) is 24.3 Å². The molecular formula is C25H22BrClN2O5. The summed E-state index contributed by atoms with van der Waals surface area (Å²) in [6.45, 7) is 1.35. The molecule has 9 heteroatoms. The van der Waals surface area contributed by atoms with Crippen molar-refractivity contribution in [3.63, 3.8) is 0 Å². The van der Waals surface area contributed by atoms with Gasteiger partial charge >= 0.3 is 5.97 Å². The minimum atomic E-state index is -0.679. The monoisotopic (exact) mass is 544 g/mol. The third kappa shape index (κ3) is 3.92. The lowest BCUT2D eigenvalue weighted by Crippen LogP contribution is -2.32. The molecule has 1 saturated heterocycles. The van der Waals surface area contributed by atoms with Crippen LogP contribution in [0.5, 0.6) is 0 Å². The number of fused-ring (bicyclic) bond motifs is 5. The molecular weight excluding hydrogens is 524 g/mol. The highest BCUT2D eigenvalue weighted by Crippen LogP contribution is 2.56. The van der Waals surface area contributed by atoms with E-state index in [4.69, 9.17) is 16.3 Å². The lowest BCUT2D eigenvalue weighted by Gasteiger charge is -2.19. The Kier molecular flexibility index (Phi) is 5.98. The number of hydrogen-bond acceptors (Lipinski definition) is 5. The van der Waals surface area contributed by atoms with Crippen molar-refractivity contribution in [2.24, 2.45) is 23.7 Å².